The van der Waals surface area contributed by atoms with Gasteiger partial charge < -0.3 is 14.3 Å². The number of allylic oxidation sites excluding steroid dienone is 1. The highest BCUT2D eigenvalue weighted by atomic mass is 32.1. The lowest BCUT2D eigenvalue weighted by Crippen LogP contribution is -2.20. The summed E-state index contributed by atoms with van der Waals surface area (Å²) in [5.74, 6) is 0. The van der Waals surface area contributed by atoms with Crippen LogP contribution in [0, 0.1) is 0 Å². The highest BCUT2D eigenvalue weighted by molar-refractivity contribution is 7.16. The van der Waals surface area contributed by atoms with Gasteiger partial charge in [-0.1, -0.05) is 133 Å². The lowest BCUT2D eigenvalue weighted by atomic mass is 9.96. The van der Waals surface area contributed by atoms with Crippen molar-refractivity contribution in [3.63, 3.8) is 0 Å². The Labute approximate surface area is 321 Å². The Morgan fingerprint density at radius 3 is 2.31 bits per heavy atom. The number of aromatic nitrogens is 1. The first-order valence-corrected chi connectivity index (χ1v) is 19.8. The standard InChI is InChI=1S/C50H33N3OS/c1-2-12-30(13-3-1)31-24-26-33(27-25-31)46-49-47(36-17-7-9-23-43(36)55-49)52-50(51-46)38-19-11-22-42-45(38)37-18-10-21-41(48(37)54-42)53-39-20-8-6-16-35(39)44-34-15-5-4-14-32(34)28-29-40(44)53/h1-6,8-16,18-29,50,52H,7,17H2. The second-order valence-corrected chi connectivity index (χ2v) is 15.6. The van der Waals surface area contributed by atoms with Crippen LogP contribution in [0.4, 0.5) is 5.69 Å². The fourth-order valence-electron chi connectivity index (χ4n) is 9.03. The Morgan fingerprint density at radius 1 is 0.636 bits per heavy atom. The van der Waals surface area contributed by atoms with Gasteiger partial charge in [-0.15, -0.1) is 11.3 Å². The molecule has 1 N–H and O–H groups in total. The van der Waals surface area contributed by atoms with Crippen molar-refractivity contribution < 1.29 is 4.42 Å². The molecular formula is C50H33N3OS. The number of thiophene rings is 1. The number of hydrogen-bond donors (Lipinski definition) is 1. The van der Waals surface area contributed by atoms with Crippen LogP contribution in [0.2, 0.25) is 0 Å². The molecule has 0 amide bonds. The molecule has 1 aliphatic carbocycles. The van der Waals surface area contributed by atoms with E-state index in [-0.39, 0.29) is 6.17 Å². The Bertz CT molecular complexity index is 3230. The van der Waals surface area contributed by atoms with Gasteiger partial charge in [-0.05, 0) is 70.6 Å². The van der Waals surface area contributed by atoms with Gasteiger partial charge in [0.05, 0.1) is 33.0 Å². The van der Waals surface area contributed by atoms with Crippen molar-refractivity contribution in [3.05, 3.63) is 184 Å². The summed E-state index contributed by atoms with van der Waals surface area (Å²) >= 11 is 1.85. The second kappa shape index (κ2) is 11.9. The van der Waals surface area contributed by atoms with E-state index in [1.807, 2.05) is 11.3 Å². The first-order valence-electron chi connectivity index (χ1n) is 19.0. The summed E-state index contributed by atoms with van der Waals surface area (Å²) in [7, 11) is 0. The maximum Gasteiger partial charge on any atom is 0.159 e. The molecule has 3 aromatic heterocycles. The van der Waals surface area contributed by atoms with Gasteiger partial charge in [-0.2, -0.15) is 0 Å². The highest BCUT2D eigenvalue weighted by Crippen LogP contribution is 2.47. The zero-order chi connectivity index (χ0) is 36.0. The molecule has 1 atom stereocenters. The molecule has 55 heavy (non-hydrogen) atoms. The van der Waals surface area contributed by atoms with Crippen LogP contribution < -0.4 is 5.32 Å². The van der Waals surface area contributed by atoms with Crippen LogP contribution in [0.25, 0.3) is 77.4 Å². The van der Waals surface area contributed by atoms with E-state index in [9.17, 15) is 0 Å². The molecule has 4 nitrogen and oxygen atoms in total. The molecule has 0 spiro atoms. The Balaban J connectivity index is 1.06. The van der Waals surface area contributed by atoms with Crippen LogP contribution in [-0.2, 0) is 6.42 Å². The minimum atomic E-state index is -0.298. The largest absolute Gasteiger partial charge is 0.454 e. The molecule has 0 fully saturated rings. The number of nitrogens with zero attached hydrogens (tertiary/aromatic N) is 2. The van der Waals surface area contributed by atoms with Crippen molar-refractivity contribution in [2.75, 3.05) is 5.32 Å². The van der Waals surface area contributed by atoms with Gasteiger partial charge in [-0.25, -0.2) is 0 Å². The third-order valence-corrected chi connectivity index (χ3v) is 12.7. The topological polar surface area (TPSA) is 42.5 Å². The quantitative estimate of drug-likeness (QED) is 0.196. The van der Waals surface area contributed by atoms with E-state index < -0.39 is 0 Å². The second-order valence-electron chi connectivity index (χ2n) is 14.6. The van der Waals surface area contributed by atoms with E-state index in [1.165, 1.54) is 59.2 Å². The maximum absolute atomic E-state index is 6.93. The molecule has 12 rings (SSSR count). The number of nitrogens with one attached hydrogen (secondary N) is 1. The van der Waals surface area contributed by atoms with E-state index in [0.717, 1.165) is 62.8 Å². The number of aliphatic imine (C=N–C) groups is 1. The number of para-hydroxylation sites is 2. The van der Waals surface area contributed by atoms with Crippen LogP contribution in [-0.4, -0.2) is 10.3 Å². The smallest absolute Gasteiger partial charge is 0.159 e. The summed E-state index contributed by atoms with van der Waals surface area (Å²) in [5, 5.41) is 11.1. The summed E-state index contributed by atoms with van der Waals surface area (Å²) in [5.41, 5.74) is 13.4. The first-order chi connectivity index (χ1) is 27.3. The van der Waals surface area contributed by atoms with Crippen LogP contribution in [0.3, 0.4) is 0 Å². The molecular weight excluding hydrogens is 691 g/mol. The van der Waals surface area contributed by atoms with Crippen LogP contribution in [0.15, 0.2) is 167 Å². The molecule has 0 bridgehead atoms. The van der Waals surface area contributed by atoms with Gasteiger partial charge >= 0.3 is 0 Å². The molecule has 1 unspecified atom stereocenters. The third-order valence-electron chi connectivity index (χ3n) is 11.5. The SMILES string of the molecule is C1=Cc2sc3c(c2CC1)NC(c1cccc2oc4c(-n5c6ccccc6c6c7ccccc7ccc65)cccc4c12)N=C3c1ccc(-c2ccccc2)cc1. The van der Waals surface area contributed by atoms with Crippen molar-refractivity contribution in [1.82, 2.24) is 4.57 Å². The van der Waals surface area contributed by atoms with E-state index >= 15 is 0 Å². The molecule has 10 aromatic rings. The number of fused-ring (bicyclic) bond motifs is 11. The summed E-state index contributed by atoms with van der Waals surface area (Å²) in [6.45, 7) is 0. The minimum absolute atomic E-state index is 0.298. The Hall–Kier alpha value is -6.69. The molecule has 0 saturated carbocycles. The fraction of sp³-hybridized carbons (Fsp3) is 0.0600. The lowest BCUT2D eigenvalue weighted by molar-refractivity contribution is 0.665. The van der Waals surface area contributed by atoms with Gasteiger partial charge in [0, 0.05) is 37.5 Å². The van der Waals surface area contributed by atoms with Crippen molar-refractivity contribution in [1.29, 1.82) is 0 Å². The zero-order valence-electron chi connectivity index (χ0n) is 29.8. The Morgan fingerprint density at radius 2 is 1.40 bits per heavy atom. The average Bonchev–Trinajstić information content (AvgIpc) is 3.94. The number of furan rings is 1. The molecule has 260 valence electrons. The van der Waals surface area contributed by atoms with E-state index in [4.69, 9.17) is 9.41 Å². The fourth-order valence-corrected chi connectivity index (χ4v) is 10.3. The van der Waals surface area contributed by atoms with Crippen molar-refractivity contribution in [2.24, 2.45) is 4.99 Å². The normalized spacial score (nSPS) is 15.1. The van der Waals surface area contributed by atoms with Gasteiger partial charge in [0.1, 0.15) is 11.7 Å². The summed E-state index contributed by atoms with van der Waals surface area (Å²) in [6, 6.07) is 54.4. The lowest BCUT2D eigenvalue weighted by Gasteiger charge is -2.26. The van der Waals surface area contributed by atoms with Crippen LogP contribution in [0.1, 0.15) is 39.0 Å². The number of rotatable bonds is 4. The van der Waals surface area contributed by atoms with Gasteiger partial charge in [0.15, 0.2) is 5.58 Å². The van der Waals surface area contributed by atoms with E-state index in [2.05, 4.69) is 174 Å². The van der Waals surface area contributed by atoms with Crippen molar-refractivity contribution in [2.45, 2.75) is 19.0 Å². The molecule has 2 aliphatic rings. The summed E-state index contributed by atoms with van der Waals surface area (Å²) < 4.78 is 9.31. The first kappa shape index (κ1) is 30.7. The van der Waals surface area contributed by atoms with Gasteiger partial charge in [-0.3, -0.25) is 4.99 Å². The van der Waals surface area contributed by atoms with E-state index in [1.54, 1.807) is 0 Å². The van der Waals surface area contributed by atoms with Crippen molar-refractivity contribution in [3.8, 4) is 16.8 Å². The highest BCUT2D eigenvalue weighted by Gasteiger charge is 2.31. The van der Waals surface area contributed by atoms with Crippen LogP contribution in [0.5, 0.6) is 0 Å². The molecule has 5 heteroatoms. The average molecular weight is 724 g/mol. The number of anilines is 1. The minimum Gasteiger partial charge on any atom is -0.454 e. The molecule has 4 heterocycles. The van der Waals surface area contributed by atoms with Gasteiger partial charge in [0.25, 0.3) is 0 Å². The van der Waals surface area contributed by atoms with Gasteiger partial charge in [0.2, 0.25) is 0 Å². The number of benzene rings is 7. The Kier molecular flexibility index (Phi) is 6.65. The monoisotopic (exact) mass is 723 g/mol. The van der Waals surface area contributed by atoms with Crippen LogP contribution >= 0.6 is 11.3 Å². The molecule has 0 saturated heterocycles. The summed E-state index contributed by atoms with van der Waals surface area (Å²) in [6.07, 6.45) is 6.35. The zero-order valence-corrected chi connectivity index (χ0v) is 30.6. The number of hydrogen-bond acceptors (Lipinski definition) is 4. The predicted molar refractivity (Wildman–Crippen MR) is 231 cm³/mol. The molecule has 7 aromatic carbocycles. The maximum atomic E-state index is 6.93. The molecule has 0 radical (unpaired) electrons. The summed E-state index contributed by atoms with van der Waals surface area (Å²) in [4.78, 5) is 8.12. The van der Waals surface area contributed by atoms with Crippen molar-refractivity contribution >= 4 is 83.3 Å². The predicted octanol–water partition coefficient (Wildman–Crippen LogP) is 13.5. The molecule has 1 aliphatic heterocycles. The third kappa shape index (κ3) is 4.60. The van der Waals surface area contributed by atoms with E-state index in [0.29, 0.717) is 0 Å².